The molecule has 0 aliphatic heterocycles. The second kappa shape index (κ2) is 5.81. The van der Waals surface area contributed by atoms with Gasteiger partial charge in [0.15, 0.2) is 9.84 Å². The van der Waals surface area contributed by atoms with Crippen LogP contribution in [0.5, 0.6) is 0 Å². The molecule has 0 atom stereocenters. The van der Waals surface area contributed by atoms with Crippen molar-refractivity contribution in [1.82, 2.24) is 0 Å². The fourth-order valence-electron chi connectivity index (χ4n) is 1.71. The number of anilines is 1. The second-order valence-corrected chi connectivity index (χ2v) is 6.84. The molecule has 6 heteroatoms. The maximum atomic E-state index is 13.5. The first-order valence-electron chi connectivity index (χ1n) is 5.84. The molecule has 0 saturated heterocycles. The Morgan fingerprint density at radius 3 is 2.65 bits per heavy atom. The molecule has 0 radical (unpaired) electrons. The van der Waals surface area contributed by atoms with E-state index in [4.69, 9.17) is 11.6 Å². The highest BCUT2D eigenvalue weighted by Gasteiger charge is 2.08. The lowest BCUT2D eigenvalue weighted by Crippen LogP contribution is -2.03. The van der Waals surface area contributed by atoms with Crippen molar-refractivity contribution < 1.29 is 12.8 Å². The van der Waals surface area contributed by atoms with Gasteiger partial charge in [-0.3, -0.25) is 0 Å². The van der Waals surface area contributed by atoms with Crippen molar-refractivity contribution in [3.05, 3.63) is 58.9 Å². The normalized spacial score (nSPS) is 11.3. The van der Waals surface area contributed by atoms with Crippen molar-refractivity contribution in [2.24, 2.45) is 0 Å². The second-order valence-electron chi connectivity index (χ2n) is 4.39. The van der Waals surface area contributed by atoms with Gasteiger partial charge in [-0.1, -0.05) is 17.7 Å². The molecule has 0 saturated carbocycles. The van der Waals surface area contributed by atoms with Crippen LogP contribution in [0.1, 0.15) is 5.56 Å². The van der Waals surface area contributed by atoms with Gasteiger partial charge in [-0.2, -0.15) is 0 Å². The van der Waals surface area contributed by atoms with E-state index in [1.165, 1.54) is 30.3 Å². The Bertz CT molecular complexity index is 732. The number of halogens is 2. The quantitative estimate of drug-likeness (QED) is 0.939. The van der Waals surface area contributed by atoms with E-state index in [9.17, 15) is 12.8 Å². The SMILES string of the molecule is CS(=O)(=O)c1cccc(NCc2cc(Cl)ccc2F)c1. The number of hydrogen-bond acceptors (Lipinski definition) is 3. The third-order valence-electron chi connectivity index (χ3n) is 2.75. The molecule has 0 aromatic heterocycles. The van der Waals surface area contributed by atoms with E-state index < -0.39 is 9.84 Å². The standard InChI is InChI=1S/C14H13ClFNO2S/c1-20(18,19)13-4-2-3-12(8-13)17-9-10-7-11(15)5-6-14(10)16/h2-8,17H,9H2,1H3. The minimum atomic E-state index is -3.26. The van der Waals surface area contributed by atoms with Gasteiger partial charge in [0.1, 0.15) is 5.82 Å². The Morgan fingerprint density at radius 1 is 1.20 bits per heavy atom. The van der Waals surface area contributed by atoms with Crippen LogP contribution in [-0.4, -0.2) is 14.7 Å². The molecular weight excluding hydrogens is 301 g/mol. The fourth-order valence-corrected chi connectivity index (χ4v) is 2.57. The molecule has 3 nitrogen and oxygen atoms in total. The summed E-state index contributed by atoms with van der Waals surface area (Å²) in [6.07, 6.45) is 1.14. The Hall–Kier alpha value is -1.59. The van der Waals surface area contributed by atoms with Gasteiger partial charge in [-0.25, -0.2) is 12.8 Å². The lowest BCUT2D eigenvalue weighted by Gasteiger charge is -2.09. The number of rotatable bonds is 4. The zero-order valence-electron chi connectivity index (χ0n) is 10.7. The maximum Gasteiger partial charge on any atom is 0.175 e. The smallest absolute Gasteiger partial charge is 0.175 e. The van der Waals surface area contributed by atoms with Crippen LogP contribution in [0.3, 0.4) is 0 Å². The van der Waals surface area contributed by atoms with Crippen molar-refractivity contribution >= 4 is 27.1 Å². The summed E-state index contributed by atoms with van der Waals surface area (Å²) >= 11 is 5.81. The first-order valence-corrected chi connectivity index (χ1v) is 8.11. The van der Waals surface area contributed by atoms with Crippen LogP contribution < -0.4 is 5.32 Å². The third kappa shape index (κ3) is 3.71. The molecule has 0 aliphatic carbocycles. The number of benzene rings is 2. The van der Waals surface area contributed by atoms with Gasteiger partial charge in [-0.15, -0.1) is 0 Å². The molecule has 0 unspecified atom stereocenters. The lowest BCUT2D eigenvalue weighted by molar-refractivity contribution is 0.601. The van der Waals surface area contributed by atoms with E-state index in [0.717, 1.165) is 6.26 Å². The van der Waals surface area contributed by atoms with Gasteiger partial charge in [0, 0.05) is 29.1 Å². The largest absolute Gasteiger partial charge is 0.381 e. The average molecular weight is 314 g/mol. The number of hydrogen-bond donors (Lipinski definition) is 1. The minimum absolute atomic E-state index is 0.217. The summed E-state index contributed by atoms with van der Waals surface area (Å²) in [5.41, 5.74) is 1.02. The first kappa shape index (κ1) is 14.8. The Labute approximate surface area is 122 Å². The maximum absolute atomic E-state index is 13.5. The predicted octanol–water partition coefficient (Wildman–Crippen LogP) is 3.49. The van der Waals surface area contributed by atoms with Gasteiger partial charge >= 0.3 is 0 Å². The van der Waals surface area contributed by atoms with Gasteiger partial charge < -0.3 is 5.32 Å². The summed E-state index contributed by atoms with van der Waals surface area (Å²) in [6, 6.07) is 10.7. The minimum Gasteiger partial charge on any atom is -0.381 e. The number of sulfone groups is 1. The van der Waals surface area contributed by atoms with Crippen molar-refractivity contribution in [3.8, 4) is 0 Å². The van der Waals surface area contributed by atoms with Gasteiger partial charge in [0.25, 0.3) is 0 Å². The first-order chi connectivity index (χ1) is 9.36. The van der Waals surface area contributed by atoms with E-state index in [1.54, 1.807) is 12.1 Å². The third-order valence-corrected chi connectivity index (χ3v) is 4.10. The van der Waals surface area contributed by atoms with Crippen molar-refractivity contribution in [3.63, 3.8) is 0 Å². The Kier molecular flexibility index (Phi) is 4.30. The van der Waals surface area contributed by atoms with E-state index in [0.29, 0.717) is 16.3 Å². The van der Waals surface area contributed by atoms with Crippen LogP contribution in [0.15, 0.2) is 47.4 Å². The molecule has 106 valence electrons. The van der Waals surface area contributed by atoms with Crippen LogP contribution in [0.25, 0.3) is 0 Å². The Balaban J connectivity index is 2.17. The molecule has 0 bridgehead atoms. The van der Waals surface area contributed by atoms with Crippen LogP contribution in [0, 0.1) is 5.82 Å². The van der Waals surface area contributed by atoms with E-state index in [1.807, 2.05) is 0 Å². The summed E-state index contributed by atoms with van der Waals surface area (Å²) in [6.45, 7) is 0.222. The van der Waals surface area contributed by atoms with Crippen molar-refractivity contribution in [2.45, 2.75) is 11.4 Å². The lowest BCUT2D eigenvalue weighted by atomic mass is 10.2. The molecule has 20 heavy (non-hydrogen) atoms. The molecule has 0 fully saturated rings. The topological polar surface area (TPSA) is 46.2 Å². The summed E-state index contributed by atoms with van der Waals surface area (Å²) in [5.74, 6) is -0.360. The highest BCUT2D eigenvalue weighted by Crippen LogP contribution is 2.19. The zero-order chi connectivity index (χ0) is 14.8. The summed E-state index contributed by atoms with van der Waals surface area (Å²) in [7, 11) is -3.26. The fraction of sp³-hybridized carbons (Fsp3) is 0.143. The molecule has 1 N–H and O–H groups in total. The van der Waals surface area contributed by atoms with E-state index in [2.05, 4.69) is 5.32 Å². The zero-order valence-corrected chi connectivity index (χ0v) is 12.3. The van der Waals surface area contributed by atoms with Crippen molar-refractivity contribution in [2.75, 3.05) is 11.6 Å². The highest BCUT2D eigenvalue weighted by molar-refractivity contribution is 7.90. The van der Waals surface area contributed by atoms with Gasteiger partial charge in [-0.05, 0) is 36.4 Å². The highest BCUT2D eigenvalue weighted by atomic mass is 35.5. The van der Waals surface area contributed by atoms with Gasteiger partial charge in [0.05, 0.1) is 4.90 Å². The molecule has 0 spiro atoms. The summed E-state index contributed by atoms with van der Waals surface area (Å²) in [4.78, 5) is 0.217. The average Bonchev–Trinajstić information content (AvgIpc) is 2.39. The molecule has 0 heterocycles. The van der Waals surface area contributed by atoms with Crippen molar-refractivity contribution in [1.29, 1.82) is 0 Å². The Morgan fingerprint density at radius 2 is 1.95 bits per heavy atom. The van der Waals surface area contributed by atoms with E-state index >= 15 is 0 Å². The molecule has 0 amide bonds. The van der Waals surface area contributed by atoms with Gasteiger partial charge in [0.2, 0.25) is 0 Å². The van der Waals surface area contributed by atoms with E-state index in [-0.39, 0.29) is 17.3 Å². The summed E-state index contributed by atoms with van der Waals surface area (Å²) in [5, 5.41) is 3.43. The van der Waals surface area contributed by atoms with Crippen LogP contribution in [0.4, 0.5) is 10.1 Å². The van der Waals surface area contributed by atoms with Crippen LogP contribution in [0.2, 0.25) is 5.02 Å². The van der Waals surface area contributed by atoms with Crippen LogP contribution >= 0.6 is 11.6 Å². The number of nitrogens with one attached hydrogen (secondary N) is 1. The van der Waals surface area contributed by atoms with Crippen LogP contribution in [-0.2, 0) is 16.4 Å². The molecule has 0 aliphatic rings. The summed E-state index contributed by atoms with van der Waals surface area (Å²) < 4.78 is 36.5. The molecular formula is C14H13ClFNO2S. The predicted molar refractivity (Wildman–Crippen MR) is 78.3 cm³/mol. The molecule has 2 rings (SSSR count). The monoisotopic (exact) mass is 313 g/mol. The molecule has 2 aromatic rings. The molecule has 2 aromatic carbocycles.